The van der Waals surface area contributed by atoms with E-state index in [-0.39, 0.29) is 5.78 Å². The van der Waals surface area contributed by atoms with Gasteiger partial charge < -0.3 is 11.1 Å². The summed E-state index contributed by atoms with van der Waals surface area (Å²) in [6.07, 6.45) is 0. The Morgan fingerprint density at radius 1 is 1.26 bits per heavy atom. The minimum atomic E-state index is 0.00788. The maximum Gasteiger partial charge on any atom is 0.161 e. The molecule has 19 heavy (non-hydrogen) atoms. The Morgan fingerprint density at radius 3 is 2.26 bits per heavy atom. The average molecular weight is 260 g/mol. The van der Waals surface area contributed by atoms with E-state index in [1.165, 1.54) is 6.92 Å². The second kappa shape index (κ2) is 4.26. The van der Waals surface area contributed by atoms with Crippen molar-refractivity contribution in [3.05, 3.63) is 23.8 Å². The molecule has 0 heterocycles. The molecule has 0 atom stereocenters. The zero-order chi connectivity index (χ0) is 14.4. The molecule has 1 aromatic carbocycles. The van der Waals surface area contributed by atoms with E-state index >= 15 is 0 Å². The smallest absolute Gasteiger partial charge is 0.161 e. The maximum absolute atomic E-state index is 11.3. The van der Waals surface area contributed by atoms with Crippen molar-refractivity contribution < 1.29 is 4.79 Å². The molecule has 3 nitrogen and oxygen atoms in total. The molecule has 0 aliphatic heterocycles. The van der Waals surface area contributed by atoms with Gasteiger partial charge in [-0.2, -0.15) is 0 Å². The van der Waals surface area contributed by atoms with E-state index < -0.39 is 0 Å². The van der Waals surface area contributed by atoms with Gasteiger partial charge in [0.15, 0.2) is 5.78 Å². The van der Waals surface area contributed by atoms with Gasteiger partial charge in [-0.05, 0) is 41.9 Å². The molecular weight excluding hydrogens is 236 g/mol. The van der Waals surface area contributed by atoms with Crippen LogP contribution in [0.3, 0.4) is 0 Å². The van der Waals surface area contributed by atoms with Gasteiger partial charge in [-0.25, -0.2) is 0 Å². The number of Topliss-reactive ketones (excluding diaryl/α,β-unsaturated/α-hetero) is 1. The van der Waals surface area contributed by atoms with Gasteiger partial charge in [0, 0.05) is 23.5 Å². The predicted molar refractivity (Wildman–Crippen MR) is 80.4 cm³/mol. The van der Waals surface area contributed by atoms with Crippen LogP contribution in [0.2, 0.25) is 0 Å². The summed E-state index contributed by atoms with van der Waals surface area (Å²) in [6, 6.07) is 5.57. The number of nitrogens with two attached hydrogens (primary N) is 1. The molecule has 0 bridgehead atoms. The first-order valence-electron chi connectivity index (χ1n) is 6.82. The molecule has 1 saturated carbocycles. The fourth-order valence-electron chi connectivity index (χ4n) is 3.06. The second-order valence-electron chi connectivity index (χ2n) is 6.74. The highest BCUT2D eigenvalue weighted by Gasteiger charge is 2.63. The summed E-state index contributed by atoms with van der Waals surface area (Å²) in [6.45, 7) is 11.7. The lowest BCUT2D eigenvalue weighted by molar-refractivity contribution is 0.101. The Kier molecular flexibility index (Phi) is 3.12. The van der Waals surface area contributed by atoms with Crippen LogP contribution >= 0.6 is 0 Å². The fourth-order valence-corrected chi connectivity index (χ4v) is 3.06. The highest BCUT2D eigenvalue weighted by molar-refractivity contribution is 5.99. The third-order valence-corrected chi connectivity index (χ3v) is 5.26. The number of rotatable bonds is 4. The van der Waals surface area contributed by atoms with Crippen molar-refractivity contribution in [3.63, 3.8) is 0 Å². The van der Waals surface area contributed by atoms with Crippen LogP contribution in [0.1, 0.15) is 45.0 Å². The number of anilines is 2. The predicted octanol–water partition coefficient (Wildman–Crippen LogP) is 3.57. The molecule has 0 unspecified atom stereocenters. The van der Waals surface area contributed by atoms with Gasteiger partial charge >= 0.3 is 0 Å². The van der Waals surface area contributed by atoms with Crippen molar-refractivity contribution in [2.24, 2.45) is 16.7 Å². The van der Waals surface area contributed by atoms with Crippen molar-refractivity contribution in [1.82, 2.24) is 0 Å². The number of carbonyl (C=O) groups excluding carboxylic acids is 1. The molecule has 0 radical (unpaired) electrons. The van der Waals surface area contributed by atoms with Crippen molar-refractivity contribution in [2.45, 2.75) is 34.6 Å². The molecule has 0 saturated heterocycles. The molecule has 104 valence electrons. The largest absolute Gasteiger partial charge is 0.398 e. The normalized spacial score (nSPS) is 20.1. The standard InChI is InChI=1S/C16H24N2O/c1-10(19)12-7-6-11(8-13(12)17)18-9-14-15(2,3)16(14,4)5/h6-8,14,18H,9,17H2,1-5H3. The highest BCUT2D eigenvalue weighted by Crippen LogP contribution is 2.68. The van der Waals surface area contributed by atoms with Crippen molar-refractivity contribution in [3.8, 4) is 0 Å². The molecule has 1 aliphatic carbocycles. The SMILES string of the molecule is CC(=O)c1ccc(NCC2C(C)(C)C2(C)C)cc1N. The van der Waals surface area contributed by atoms with E-state index in [0.717, 1.165) is 12.2 Å². The van der Waals surface area contributed by atoms with Gasteiger partial charge in [-0.3, -0.25) is 4.79 Å². The van der Waals surface area contributed by atoms with Gasteiger partial charge in [-0.15, -0.1) is 0 Å². The quantitative estimate of drug-likeness (QED) is 0.643. The van der Waals surface area contributed by atoms with Gasteiger partial charge in [0.2, 0.25) is 0 Å². The minimum absolute atomic E-state index is 0.00788. The first-order chi connectivity index (χ1) is 8.68. The van der Waals surface area contributed by atoms with Crippen LogP contribution in [-0.2, 0) is 0 Å². The number of hydrogen-bond acceptors (Lipinski definition) is 3. The third kappa shape index (κ3) is 2.22. The van der Waals surface area contributed by atoms with Crippen LogP contribution in [0.15, 0.2) is 18.2 Å². The number of carbonyl (C=O) groups is 1. The molecule has 2 rings (SSSR count). The summed E-state index contributed by atoms with van der Waals surface area (Å²) in [5.41, 5.74) is 8.78. The number of ketones is 1. The first-order valence-corrected chi connectivity index (χ1v) is 6.82. The zero-order valence-electron chi connectivity index (χ0n) is 12.5. The summed E-state index contributed by atoms with van der Waals surface area (Å²) >= 11 is 0. The number of benzene rings is 1. The van der Waals surface area contributed by atoms with E-state index in [4.69, 9.17) is 5.73 Å². The molecule has 0 spiro atoms. The fraction of sp³-hybridized carbons (Fsp3) is 0.562. The number of nitrogen functional groups attached to an aromatic ring is 1. The molecule has 1 aliphatic rings. The zero-order valence-corrected chi connectivity index (χ0v) is 12.5. The number of hydrogen-bond donors (Lipinski definition) is 2. The van der Waals surface area contributed by atoms with Crippen LogP contribution < -0.4 is 11.1 Å². The molecule has 0 amide bonds. The Morgan fingerprint density at radius 2 is 1.84 bits per heavy atom. The minimum Gasteiger partial charge on any atom is -0.398 e. The lowest BCUT2D eigenvalue weighted by Gasteiger charge is -2.10. The van der Waals surface area contributed by atoms with E-state index in [9.17, 15) is 4.79 Å². The van der Waals surface area contributed by atoms with E-state index in [1.54, 1.807) is 6.07 Å². The van der Waals surface area contributed by atoms with Crippen molar-refractivity contribution in [2.75, 3.05) is 17.6 Å². The number of nitrogens with one attached hydrogen (secondary N) is 1. The van der Waals surface area contributed by atoms with E-state index in [0.29, 0.717) is 28.0 Å². The van der Waals surface area contributed by atoms with E-state index in [1.807, 2.05) is 12.1 Å². The molecule has 0 aromatic heterocycles. The van der Waals surface area contributed by atoms with Gasteiger partial charge in [0.1, 0.15) is 0 Å². The Balaban J connectivity index is 2.02. The van der Waals surface area contributed by atoms with Crippen molar-refractivity contribution >= 4 is 17.2 Å². The summed E-state index contributed by atoms with van der Waals surface area (Å²) in [5, 5.41) is 3.43. The monoisotopic (exact) mass is 260 g/mol. The molecule has 1 aromatic rings. The summed E-state index contributed by atoms with van der Waals surface area (Å²) in [7, 11) is 0. The van der Waals surface area contributed by atoms with Crippen molar-refractivity contribution in [1.29, 1.82) is 0 Å². The van der Waals surface area contributed by atoms with Crippen LogP contribution in [0.4, 0.5) is 11.4 Å². The second-order valence-corrected chi connectivity index (χ2v) is 6.74. The topological polar surface area (TPSA) is 55.1 Å². The Bertz CT molecular complexity index is 503. The van der Waals surface area contributed by atoms with Gasteiger partial charge in [0.05, 0.1) is 0 Å². The molecule has 1 fully saturated rings. The molecule has 3 heteroatoms. The van der Waals surface area contributed by atoms with E-state index in [2.05, 4.69) is 33.0 Å². The Labute approximate surface area is 115 Å². The molecular formula is C16H24N2O. The van der Waals surface area contributed by atoms with Crippen LogP contribution in [0.5, 0.6) is 0 Å². The summed E-state index contributed by atoms with van der Waals surface area (Å²) in [5.74, 6) is 0.669. The maximum atomic E-state index is 11.3. The highest BCUT2D eigenvalue weighted by atomic mass is 16.1. The summed E-state index contributed by atoms with van der Waals surface area (Å²) < 4.78 is 0. The average Bonchev–Trinajstić information content (AvgIpc) is 2.66. The third-order valence-electron chi connectivity index (χ3n) is 5.26. The van der Waals surface area contributed by atoms with Gasteiger partial charge in [0.25, 0.3) is 0 Å². The Hall–Kier alpha value is -1.51. The summed E-state index contributed by atoms with van der Waals surface area (Å²) in [4.78, 5) is 11.3. The van der Waals surface area contributed by atoms with Gasteiger partial charge in [-0.1, -0.05) is 27.7 Å². The lowest BCUT2D eigenvalue weighted by Crippen LogP contribution is -2.09. The molecule has 3 N–H and O–H groups in total. The van der Waals surface area contributed by atoms with Crippen LogP contribution in [0, 0.1) is 16.7 Å². The first kappa shape index (κ1) is 13.9. The van der Waals surface area contributed by atoms with Crippen LogP contribution in [-0.4, -0.2) is 12.3 Å². The lowest BCUT2D eigenvalue weighted by atomic mass is 10.0. The van der Waals surface area contributed by atoms with Crippen LogP contribution in [0.25, 0.3) is 0 Å².